The molecule has 16 heteroatoms. The van der Waals surface area contributed by atoms with Gasteiger partial charge < -0.3 is 46.7 Å². The summed E-state index contributed by atoms with van der Waals surface area (Å²) in [5.41, 5.74) is 7.69. The highest BCUT2D eigenvalue weighted by Crippen LogP contribution is 2.42. The Hall–Kier alpha value is -3.47. The maximum absolute atomic E-state index is 11.3. The second-order valence-corrected chi connectivity index (χ2v) is 6.30. The molecule has 1 amide bonds. The molecule has 0 saturated carbocycles. The number of aromatic nitrogens is 4. The van der Waals surface area contributed by atoms with Crippen molar-refractivity contribution in [1.82, 2.24) is 19.5 Å². The summed E-state index contributed by atoms with van der Waals surface area (Å²) in [5, 5.41) is 51.2. The van der Waals surface area contributed by atoms with Crippen molar-refractivity contribution < 1.29 is 39.7 Å². The highest BCUT2D eigenvalue weighted by atomic mass is 16.6. The Kier molecular flexibility index (Phi) is 4.79. The molecule has 1 saturated heterocycles. The first-order valence-corrected chi connectivity index (χ1v) is 7.87. The Morgan fingerprint density at radius 2 is 2.10 bits per heavy atom. The monoisotopic (exact) mass is 413 g/mol. The zero-order valence-corrected chi connectivity index (χ0v) is 14.3. The summed E-state index contributed by atoms with van der Waals surface area (Å²) in [5.74, 6) is -4.17. The molecule has 1 fully saturated rings. The van der Waals surface area contributed by atoms with Crippen molar-refractivity contribution in [1.29, 1.82) is 0 Å². The minimum Gasteiger partial charge on any atom is -0.479 e. The number of aliphatic carboxylic acids is 1. The fourth-order valence-electron chi connectivity index (χ4n) is 3.13. The second-order valence-electron chi connectivity index (χ2n) is 6.30. The van der Waals surface area contributed by atoms with Crippen LogP contribution in [-0.2, 0) is 14.3 Å². The summed E-state index contributed by atoms with van der Waals surface area (Å²) in [6.45, 7) is 0. The van der Waals surface area contributed by atoms with Gasteiger partial charge in [-0.1, -0.05) is 0 Å². The van der Waals surface area contributed by atoms with E-state index in [1.165, 1.54) is 0 Å². The van der Waals surface area contributed by atoms with Gasteiger partial charge >= 0.3 is 11.9 Å². The van der Waals surface area contributed by atoms with E-state index in [-0.39, 0.29) is 17.0 Å². The van der Waals surface area contributed by atoms with E-state index in [0.717, 1.165) is 10.9 Å². The molecule has 0 aliphatic carbocycles. The van der Waals surface area contributed by atoms with Crippen LogP contribution in [0.15, 0.2) is 6.33 Å². The molecule has 16 nitrogen and oxygen atoms in total. The van der Waals surface area contributed by atoms with E-state index in [9.17, 15) is 35.0 Å². The number of nitrogens with two attached hydrogens (primary N) is 2. The van der Waals surface area contributed by atoms with Gasteiger partial charge in [-0.05, 0) is 14.9 Å². The third-order valence-corrected chi connectivity index (χ3v) is 4.43. The van der Waals surface area contributed by atoms with Crippen molar-refractivity contribution in [3.05, 3.63) is 16.4 Å². The molecular weight excluding hydrogens is 398 g/mol. The normalized spacial score (nSPS) is 27.8. The molecule has 1 aliphatic heterocycles. The third kappa shape index (κ3) is 3.18. The van der Waals surface area contributed by atoms with Crippen molar-refractivity contribution in [2.45, 2.75) is 36.6 Å². The Bertz CT molecular complexity index is 1010. The number of primary amides is 1. The summed E-state index contributed by atoms with van der Waals surface area (Å²) in [7, 11) is 0. The average Bonchev–Trinajstić information content (AvgIpc) is 3.14. The number of nitrogen functional groups attached to an aromatic ring is 1. The van der Waals surface area contributed by atoms with Crippen LogP contribution in [0, 0.1) is 10.1 Å². The van der Waals surface area contributed by atoms with Crippen LogP contribution in [0.5, 0.6) is 0 Å². The summed E-state index contributed by atoms with van der Waals surface area (Å²) >= 11 is 0. The van der Waals surface area contributed by atoms with E-state index < -0.39 is 59.3 Å². The Morgan fingerprint density at radius 3 is 2.66 bits per heavy atom. The summed E-state index contributed by atoms with van der Waals surface area (Å²) < 4.78 is 6.24. The topological polar surface area (TPSA) is 263 Å². The molecule has 0 spiro atoms. The number of anilines is 1. The van der Waals surface area contributed by atoms with Crippen LogP contribution in [0.25, 0.3) is 11.2 Å². The molecule has 156 valence electrons. The van der Waals surface area contributed by atoms with Gasteiger partial charge in [0, 0.05) is 0 Å². The number of imidazole rings is 1. The van der Waals surface area contributed by atoms with Crippen molar-refractivity contribution in [3.63, 3.8) is 0 Å². The molecule has 2 aromatic heterocycles. The van der Waals surface area contributed by atoms with E-state index in [1.54, 1.807) is 0 Å². The van der Waals surface area contributed by atoms with Crippen molar-refractivity contribution in [2.75, 3.05) is 5.73 Å². The molecule has 5 atom stereocenters. The highest BCUT2D eigenvalue weighted by molar-refractivity contribution is 5.82. The number of carbonyl (C=O) groups is 2. The second kappa shape index (κ2) is 6.85. The maximum Gasteiger partial charge on any atom is 0.473 e. The van der Waals surface area contributed by atoms with Gasteiger partial charge in [-0.25, -0.2) is 9.78 Å². The molecule has 0 radical (unpaired) electrons. The molecular formula is C13H15N7O9. The molecule has 29 heavy (non-hydrogen) atoms. The summed E-state index contributed by atoms with van der Waals surface area (Å²) in [6.07, 6.45) is -7.96. The van der Waals surface area contributed by atoms with E-state index >= 15 is 0 Å². The lowest BCUT2D eigenvalue weighted by Gasteiger charge is -2.30. The zero-order valence-electron chi connectivity index (χ0n) is 14.3. The van der Waals surface area contributed by atoms with Gasteiger partial charge in [0.1, 0.15) is 24.1 Å². The Morgan fingerprint density at radius 1 is 1.45 bits per heavy atom. The maximum atomic E-state index is 11.3. The van der Waals surface area contributed by atoms with Gasteiger partial charge in [-0.3, -0.25) is 9.36 Å². The fraction of sp³-hybridized carbons (Fsp3) is 0.462. The van der Waals surface area contributed by atoms with Crippen LogP contribution in [-0.4, -0.2) is 80.7 Å². The van der Waals surface area contributed by atoms with Crippen LogP contribution >= 0.6 is 0 Å². The number of nitro groups is 1. The van der Waals surface area contributed by atoms with Crippen molar-refractivity contribution in [2.24, 2.45) is 5.73 Å². The van der Waals surface area contributed by atoms with E-state index in [1.807, 2.05) is 0 Å². The number of fused-ring (bicyclic) bond motifs is 1. The molecule has 2 aromatic rings. The molecule has 3 unspecified atom stereocenters. The number of carboxylic acid groups (broad SMARTS) is 1. The van der Waals surface area contributed by atoms with E-state index in [4.69, 9.17) is 21.3 Å². The molecule has 0 aromatic carbocycles. The smallest absolute Gasteiger partial charge is 0.473 e. The first-order valence-electron chi connectivity index (χ1n) is 7.87. The summed E-state index contributed by atoms with van der Waals surface area (Å²) in [6, 6.07) is 0. The van der Waals surface area contributed by atoms with Gasteiger partial charge in [0.15, 0.2) is 17.8 Å². The quantitative estimate of drug-likeness (QED) is 0.200. The molecule has 1 aliphatic rings. The number of rotatable bonds is 6. The lowest BCUT2D eigenvalue weighted by molar-refractivity contribution is -0.394. The van der Waals surface area contributed by atoms with Gasteiger partial charge in [0.05, 0.1) is 6.42 Å². The number of ether oxygens (including phenoxy) is 1. The number of nitrogens with zero attached hydrogens (tertiary/aromatic N) is 5. The van der Waals surface area contributed by atoms with Crippen LogP contribution in [0.3, 0.4) is 0 Å². The third-order valence-electron chi connectivity index (χ3n) is 4.43. The van der Waals surface area contributed by atoms with Crippen LogP contribution in [0.1, 0.15) is 12.6 Å². The van der Waals surface area contributed by atoms with Gasteiger partial charge in [0.2, 0.25) is 17.4 Å². The lowest BCUT2D eigenvalue weighted by Crippen LogP contribution is -2.55. The Labute approximate surface area is 159 Å². The van der Waals surface area contributed by atoms with Crippen molar-refractivity contribution >= 4 is 34.8 Å². The number of hydrogen-bond acceptors (Lipinski definition) is 12. The lowest BCUT2D eigenvalue weighted by atomic mass is 9.85. The summed E-state index contributed by atoms with van der Waals surface area (Å²) in [4.78, 5) is 43.5. The van der Waals surface area contributed by atoms with E-state index in [2.05, 4.69) is 15.0 Å². The standard InChI is InChI=1S/C13H15N7O9/c14-3(21)1-13(26)6(23)10(29-7(13)5(22)11(24)25)19-2-16-4-8(15)17-12(20(27)28)18-9(4)19/h2,5-7,10,22-23,26H,1H2,(H2,14,21)(H,24,25)(H2,15,17,18)/t5?,6?,7-,10-,13?/m1/s1. The molecule has 8 N–H and O–H groups in total. The number of carboxylic acids is 1. The largest absolute Gasteiger partial charge is 0.479 e. The van der Waals surface area contributed by atoms with E-state index in [0.29, 0.717) is 0 Å². The van der Waals surface area contributed by atoms with Gasteiger partial charge in [-0.2, -0.15) is 0 Å². The predicted octanol–water partition coefficient (Wildman–Crippen LogP) is -3.37. The average molecular weight is 413 g/mol. The minimum absolute atomic E-state index is 0.105. The van der Waals surface area contributed by atoms with Crippen molar-refractivity contribution in [3.8, 4) is 0 Å². The van der Waals surface area contributed by atoms with Crippen LogP contribution in [0.2, 0.25) is 0 Å². The number of aliphatic hydroxyl groups is 3. The minimum atomic E-state index is -2.60. The Balaban J connectivity index is 2.13. The fourth-order valence-corrected chi connectivity index (χ4v) is 3.13. The first-order chi connectivity index (χ1) is 13.5. The number of carbonyl (C=O) groups excluding carboxylic acids is 1. The highest BCUT2D eigenvalue weighted by Gasteiger charge is 2.60. The molecule has 3 heterocycles. The molecule has 0 bridgehead atoms. The number of hydrogen-bond donors (Lipinski definition) is 6. The van der Waals surface area contributed by atoms with Gasteiger partial charge in [0.25, 0.3) is 0 Å². The number of amides is 1. The predicted molar refractivity (Wildman–Crippen MR) is 88.7 cm³/mol. The first kappa shape index (κ1) is 20.3. The van der Waals surface area contributed by atoms with Crippen LogP contribution in [0.4, 0.5) is 11.8 Å². The van der Waals surface area contributed by atoms with Crippen LogP contribution < -0.4 is 11.5 Å². The molecule has 3 rings (SSSR count). The number of aliphatic hydroxyl groups excluding tert-OH is 2. The zero-order chi connectivity index (χ0) is 21.7. The van der Waals surface area contributed by atoms with Gasteiger partial charge in [-0.15, -0.1) is 0 Å². The SMILES string of the molecule is NC(=O)CC1(O)C(O)[C@H](n2cnc3c(N)nc([N+](=O)[O-])nc32)O[C@@H]1C(O)C(=O)O.